The number of unbranched alkanes of at least 4 members (excludes halogenated alkanes) is 6. The quantitative estimate of drug-likeness (QED) is 0.173. The minimum atomic E-state index is 0. The summed E-state index contributed by atoms with van der Waals surface area (Å²) in [6.07, 6.45) is 19.5. The van der Waals surface area contributed by atoms with Gasteiger partial charge in [-0.2, -0.15) is 0 Å². The SMILES string of the molecule is CCCC/C=C\C=C\CCCCCC.[I-].[I-].[Mg+2]. The Morgan fingerprint density at radius 3 is 1.59 bits per heavy atom. The van der Waals surface area contributed by atoms with E-state index in [4.69, 9.17) is 0 Å². The second-order valence-electron chi connectivity index (χ2n) is 3.85. The van der Waals surface area contributed by atoms with Gasteiger partial charge in [0, 0.05) is 0 Å². The third-order valence-electron chi connectivity index (χ3n) is 2.33. The molecule has 0 spiro atoms. The molecule has 0 saturated carbocycles. The van der Waals surface area contributed by atoms with Crippen molar-refractivity contribution in [2.45, 2.75) is 65.2 Å². The smallest absolute Gasteiger partial charge is 1.00 e. The van der Waals surface area contributed by atoms with Crippen LogP contribution in [0.3, 0.4) is 0 Å². The van der Waals surface area contributed by atoms with Crippen LogP contribution in [-0.2, 0) is 0 Å². The Labute approximate surface area is 159 Å². The van der Waals surface area contributed by atoms with Gasteiger partial charge in [-0.15, -0.1) is 0 Å². The Balaban J connectivity index is -0.000000282. The van der Waals surface area contributed by atoms with Gasteiger partial charge >= 0.3 is 23.1 Å². The number of hydrogen-bond donors (Lipinski definition) is 0. The van der Waals surface area contributed by atoms with Crippen LogP contribution < -0.4 is 48.0 Å². The van der Waals surface area contributed by atoms with Gasteiger partial charge in [0.15, 0.2) is 0 Å². The molecule has 98 valence electrons. The minimum absolute atomic E-state index is 0. The summed E-state index contributed by atoms with van der Waals surface area (Å²) in [4.78, 5) is 0. The van der Waals surface area contributed by atoms with Gasteiger partial charge < -0.3 is 48.0 Å². The van der Waals surface area contributed by atoms with Crippen LogP contribution in [0.2, 0.25) is 0 Å². The monoisotopic (exact) mass is 472 g/mol. The largest absolute Gasteiger partial charge is 2.00 e. The fraction of sp³-hybridized carbons (Fsp3) is 0.714. The molecule has 0 aliphatic rings. The van der Waals surface area contributed by atoms with Gasteiger partial charge in [0.2, 0.25) is 0 Å². The molecule has 17 heavy (non-hydrogen) atoms. The molecule has 0 aromatic heterocycles. The fourth-order valence-electron chi connectivity index (χ4n) is 1.36. The van der Waals surface area contributed by atoms with Crippen LogP contribution in [0.4, 0.5) is 0 Å². The summed E-state index contributed by atoms with van der Waals surface area (Å²) < 4.78 is 0. The first-order valence-electron chi connectivity index (χ1n) is 6.23. The van der Waals surface area contributed by atoms with Crippen molar-refractivity contribution in [1.82, 2.24) is 0 Å². The van der Waals surface area contributed by atoms with E-state index in [0.29, 0.717) is 0 Å². The molecule has 0 N–H and O–H groups in total. The van der Waals surface area contributed by atoms with Gasteiger partial charge in [0.1, 0.15) is 0 Å². The first kappa shape index (κ1) is 27.1. The summed E-state index contributed by atoms with van der Waals surface area (Å²) in [5.74, 6) is 0. The predicted octanol–water partition coefficient (Wildman–Crippen LogP) is -1.11. The zero-order valence-corrected chi connectivity index (χ0v) is 17.2. The van der Waals surface area contributed by atoms with Crippen LogP contribution in [-0.4, -0.2) is 23.1 Å². The maximum absolute atomic E-state index is 2.29. The third kappa shape index (κ3) is 27.1. The Kier molecular flexibility index (Phi) is 42.0. The standard InChI is InChI=1S/C14H26.2HI.Mg/c1-3-5-7-9-11-13-14-12-10-8-6-4-2;;;/h9,11,13-14H,3-8,10,12H2,1-2H3;2*1H;/q;;;+2/p-2/b11-9-,14-13+;;;. The summed E-state index contributed by atoms with van der Waals surface area (Å²) in [5, 5.41) is 0. The van der Waals surface area contributed by atoms with Gasteiger partial charge in [-0.1, -0.05) is 70.3 Å². The molecule has 0 atom stereocenters. The van der Waals surface area contributed by atoms with E-state index in [9.17, 15) is 0 Å². The topological polar surface area (TPSA) is 0 Å². The molecular weight excluding hydrogens is 446 g/mol. The summed E-state index contributed by atoms with van der Waals surface area (Å²) in [7, 11) is 0. The van der Waals surface area contributed by atoms with Crippen molar-refractivity contribution < 1.29 is 48.0 Å². The number of allylic oxidation sites excluding steroid dienone is 4. The van der Waals surface area contributed by atoms with E-state index in [0.717, 1.165) is 0 Å². The molecule has 0 aliphatic heterocycles. The molecule has 0 rings (SSSR count). The van der Waals surface area contributed by atoms with E-state index >= 15 is 0 Å². The summed E-state index contributed by atoms with van der Waals surface area (Å²) >= 11 is 0. The van der Waals surface area contributed by atoms with E-state index in [1.165, 1.54) is 51.4 Å². The van der Waals surface area contributed by atoms with Crippen LogP contribution in [0.15, 0.2) is 24.3 Å². The van der Waals surface area contributed by atoms with Gasteiger partial charge in [0.05, 0.1) is 0 Å². The minimum Gasteiger partial charge on any atom is -1.00 e. The van der Waals surface area contributed by atoms with Gasteiger partial charge in [-0.25, -0.2) is 0 Å². The van der Waals surface area contributed by atoms with Gasteiger partial charge in [0.25, 0.3) is 0 Å². The molecule has 0 unspecified atom stereocenters. The molecule has 0 heterocycles. The second-order valence-corrected chi connectivity index (χ2v) is 3.85. The number of rotatable bonds is 9. The number of hydrogen-bond acceptors (Lipinski definition) is 0. The van der Waals surface area contributed by atoms with Crippen molar-refractivity contribution in [1.29, 1.82) is 0 Å². The average Bonchev–Trinajstić information content (AvgIpc) is 2.21. The molecule has 0 saturated heterocycles. The van der Waals surface area contributed by atoms with Crippen LogP contribution in [0, 0.1) is 0 Å². The van der Waals surface area contributed by atoms with Crippen LogP contribution in [0.5, 0.6) is 0 Å². The maximum atomic E-state index is 2.29. The van der Waals surface area contributed by atoms with E-state index in [1.807, 2.05) is 0 Å². The predicted molar refractivity (Wildman–Crippen MR) is 72.3 cm³/mol. The Morgan fingerprint density at radius 2 is 1.12 bits per heavy atom. The van der Waals surface area contributed by atoms with Crippen LogP contribution in [0.1, 0.15) is 65.2 Å². The molecule has 0 fully saturated rings. The molecule has 0 aromatic rings. The van der Waals surface area contributed by atoms with Gasteiger partial charge in [-0.05, 0) is 19.3 Å². The zero-order valence-electron chi connectivity index (χ0n) is 11.4. The van der Waals surface area contributed by atoms with Crippen molar-refractivity contribution in [3.8, 4) is 0 Å². The molecule has 0 aliphatic carbocycles. The van der Waals surface area contributed by atoms with Crippen molar-refractivity contribution >= 4 is 23.1 Å². The normalized spacial score (nSPS) is 9.76. The summed E-state index contributed by atoms with van der Waals surface area (Å²) in [6.45, 7) is 4.49. The fourth-order valence-corrected chi connectivity index (χ4v) is 1.36. The first-order valence-corrected chi connectivity index (χ1v) is 6.23. The van der Waals surface area contributed by atoms with E-state index < -0.39 is 0 Å². The molecule has 0 radical (unpaired) electrons. The van der Waals surface area contributed by atoms with Crippen LogP contribution in [0.25, 0.3) is 0 Å². The first-order chi connectivity index (χ1) is 6.91. The van der Waals surface area contributed by atoms with Crippen LogP contribution >= 0.6 is 0 Å². The van der Waals surface area contributed by atoms with Gasteiger partial charge in [-0.3, -0.25) is 0 Å². The second kappa shape index (κ2) is 26.3. The molecule has 3 heteroatoms. The number of halogens is 2. The van der Waals surface area contributed by atoms with E-state index in [1.54, 1.807) is 0 Å². The molecular formula is C14H26I2Mg. The van der Waals surface area contributed by atoms with Crippen molar-refractivity contribution in [2.24, 2.45) is 0 Å². The summed E-state index contributed by atoms with van der Waals surface area (Å²) in [5.41, 5.74) is 0. The third-order valence-corrected chi connectivity index (χ3v) is 2.33. The average molecular weight is 472 g/mol. The summed E-state index contributed by atoms with van der Waals surface area (Å²) in [6, 6.07) is 0. The van der Waals surface area contributed by atoms with Crippen molar-refractivity contribution in [3.63, 3.8) is 0 Å². The van der Waals surface area contributed by atoms with Crippen molar-refractivity contribution in [3.05, 3.63) is 24.3 Å². The van der Waals surface area contributed by atoms with Crippen molar-refractivity contribution in [2.75, 3.05) is 0 Å². The van der Waals surface area contributed by atoms with E-state index in [2.05, 4.69) is 38.2 Å². The molecule has 0 nitrogen and oxygen atoms in total. The Hall–Kier alpha value is 1.71. The Morgan fingerprint density at radius 1 is 0.647 bits per heavy atom. The molecule has 0 aromatic carbocycles. The molecule has 0 bridgehead atoms. The molecule has 0 amide bonds. The Bertz CT molecular complexity index is 156. The maximum Gasteiger partial charge on any atom is 2.00 e. The zero-order chi connectivity index (χ0) is 10.5. The van der Waals surface area contributed by atoms with E-state index in [-0.39, 0.29) is 71.0 Å².